The van der Waals surface area contributed by atoms with E-state index in [1.807, 2.05) is 54.6 Å². The predicted molar refractivity (Wildman–Crippen MR) is 172 cm³/mol. The highest BCUT2D eigenvalue weighted by Crippen LogP contribution is 2.37. The van der Waals surface area contributed by atoms with Crippen molar-refractivity contribution in [1.29, 1.82) is 0 Å². The molecule has 2 aliphatic heterocycles. The summed E-state index contributed by atoms with van der Waals surface area (Å²) in [4.78, 5) is 24.9. The summed E-state index contributed by atoms with van der Waals surface area (Å²) in [7, 11) is 3.10. The molecule has 2 saturated heterocycles. The summed E-state index contributed by atoms with van der Waals surface area (Å²) in [6.45, 7) is 5.40. The topological polar surface area (TPSA) is 106 Å². The molecule has 0 aliphatic carbocycles. The number of rotatable bonds is 11. The molecule has 0 bridgehead atoms. The maximum Gasteiger partial charge on any atom is 0.337 e. The molecular weight excluding hydrogens is 584 g/mol. The van der Waals surface area contributed by atoms with Gasteiger partial charge in [-0.2, -0.15) is 5.10 Å². The number of imidazole rings is 1. The van der Waals surface area contributed by atoms with Crippen LogP contribution in [-0.2, 0) is 33.9 Å². The van der Waals surface area contributed by atoms with Gasteiger partial charge >= 0.3 is 5.97 Å². The fourth-order valence-corrected chi connectivity index (χ4v) is 6.59. The number of likely N-dealkylation sites (tertiary alicyclic amines) is 1. The van der Waals surface area contributed by atoms with Crippen LogP contribution in [-0.4, -0.2) is 68.7 Å². The number of nitrogens with zero attached hydrogens (tertiary/aromatic N) is 6. The highest BCUT2D eigenvalue weighted by molar-refractivity contribution is 5.95. The van der Waals surface area contributed by atoms with Gasteiger partial charge in [0.15, 0.2) is 0 Å². The van der Waals surface area contributed by atoms with Gasteiger partial charge in [-0.1, -0.05) is 18.6 Å². The maximum absolute atomic E-state index is 12.7. The van der Waals surface area contributed by atoms with Crippen LogP contribution in [0.25, 0.3) is 21.9 Å². The number of hydrogen-bond donors (Lipinski definition) is 0. The number of hydrogen-bond acceptors (Lipinski definition) is 9. The van der Waals surface area contributed by atoms with Crippen LogP contribution in [0.4, 0.5) is 0 Å². The Kier molecular flexibility index (Phi) is 8.70. The number of ether oxygens (including phenoxy) is 4. The molecule has 5 heterocycles. The van der Waals surface area contributed by atoms with Crippen LogP contribution in [0.3, 0.4) is 0 Å². The zero-order valence-corrected chi connectivity index (χ0v) is 26.6. The lowest BCUT2D eigenvalue weighted by molar-refractivity contribution is -0.0586. The van der Waals surface area contributed by atoms with E-state index in [9.17, 15) is 4.79 Å². The Morgan fingerprint density at radius 1 is 1.09 bits per heavy atom. The summed E-state index contributed by atoms with van der Waals surface area (Å²) in [5.74, 6) is 0.417. The highest BCUT2D eigenvalue weighted by Gasteiger charge is 2.29. The van der Waals surface area contributed by atoms with Gasteiger partial charge in [-0.25, -0.2) is 14.5 Å². The number of methoxy groups -OCH3 is 2. The molecule has 240 valence electrons. The molecule has 11 nitrogen and oxygen atoms in total. The van der Waals surface area contributed by atoms with Crippen molar-refractivity contribution in [3.05, 3.63) is 83.6 Å². The Labute approximate surface area is 268 Å². The number of carbonyl (C=O) groups excluding carboxylic acids is 1. The predicted octanol–water partition coefficient (Wildman–Crippen LogP) is 5.83. The molecule has 7 rings (SSSR count). The third-order valence-corrected chi connectivity index (χ3v) is 9.26. The fraction of sp³-hybridized carbons (Fsp3) is 0.429. The number of benzene rings is 2. The zero-order valence-electron chi connectivity index (χ0n) is 26.6. The van der Waals surface area contributed by atoms with Gasteiger partial charge in [0.25, 0.3) is 0 Å². The van der Waals surface area contributed by atoms with Crippen molar-refractivity contribution in [2.24, 2.45) is 0 Å². The quantitative estimate of drug-likeness (QED) is 0.168. The standard InChI is InChI=1S/C35H40N6O5/c1-23(43-2)41-30-15-24(9-10-25(30)18-38-41)21-46-32-8-6-12-36-34(32)29-7-4-5-13-39(29)19-27-16-26(35(42)44-3)17-31-33(27)37-22-40(31)20-28-11-14-45-28/h6,8-10,12,15-18,22-23,28-29H,4-5,7,11,13-14,19-21H2,1-3H3. The van der Waals surface area contributed by atoms with Gasteiger partial charge in [-0.15, -0.1) is 0 Å². The minimum Gasteiger partial charge on any atom is -0.487 e. The average Bonchev–Trinajstić information content (AvgIpc) is 3.69. The lowest BCUT2D eigenvalue weighted by Crippen LogP contribution is -2.34. The van der Waals surface area contributed by atoms with Gasteiger partial charge in [0, 0.05) is 31.8 Å². The third-order valence-electron chi connectivity index (χ3n) is 9.26. The van der Waals surface area contributed by atoms with Crippen LogP contribution in [0, 0.1) is 0 Å². The molecule has 0 spiro atoms. The van der Waals surface area contributed by atoms with E-state index >= 15 is 0 Å². The lowest BCUT2D eigenvalue weighted by atomic mass is 9.96. The second kappa shape index (κ2) is 13.2. The van der Waals surface area contributed by atoms with Gasteiger partial charge in [-0.3, -0.25) is 9.88 Å². The second-order valence-electron chi connectivity index (χ2n) is 12.1. The number of fused-ring (bicyclic) bond motifs is 2. The number of carbonyl (C=O) groups is 1. The van der Waals surface area contributed by atoms with E-state index in [4.69, 9.17) is 28.9 Å². The van der Waals surface area contributed by atoms with Gasteiger partial charge in [-0.05, 0) is 74.2 Å². The molecule has 46 heavy (non-hydrogen) atoms. The summed E-state index contributed by atoms with van der Waals surface area (Å²) in [6, 6.07) is 14.0. The monoisotopic (exact) mass is 624 g/mol. The molecule has 2 fully saturated rings. The first kappa shape index (κ1) is 30.3. The average molecular weight is 625 g/mol. The van der Waals surface area contributed by atoms with E-state index in [0.29, 0.717) is 25.3 Å². The normalized spacial score (nSPS) is 19.3. The van der Waals surface area contributed by atoms with E-state index < -0.39 is 0 Å². The molecule has 2 aliphatic rings. The van der Waals surface area contributed by atoms with Crippen molar-refractivity contribution in [1.82, 2.24) is 29.2 Å². The minimum atomic E-state index is -0.357. The molecule has 3 aromatic heterocycles. The molecule has 3 atom stereocenters. The molecule has 11 heteroatoms. The smallest absolute Gasteiger partial charge is 0.337 e. The lowest BCUT2D eigenvalue weighted by Gasteiger charge is -2.36. The van der Waals surface area contributed by atoms with Crippen LogP contribution in [0.15, 0.2) is 61.2 Å². The maximum atomic E-state index is 12.7. The molecule has 0 N–H and O–H groups in total. The molecular formula is C35H40N6O5. The fourth-order valence-electron chi connectivity index (χ4n) is 6.59. The van der Waals surface area contributed by atoms with Crippen molar-refractivity contribution in [2.45, 2.75) is 70.7 Å². The van der Waals surface area contributed by atoms with Crippen molar-refractivity contribution in [3.63, 3.8) is 0 Å². The Balaban J connectivity index is 1.15. The van der Waals surface area contributed by atoms with E-state index in [-0.39, 0.29) is 24.3 Å². The summed E-state index contributed by atoms with van der Waals surface area (Å²) < 4.78 is 26.8. The number of piperidine rings is 1. The Hall–Kier alpha value is -4.32. The summed E-state index contributed by atoms with van der Waals surface area (Å²) in [5.41, 5.74) is 6.30. The van der Waals surface area contributed by atoms with Crippen molar-refractivity contribution < 1.29 is 23.7 Å². The van der Waals surface area contributed by atoms with Crippen molar-refractivity contribution in [3.8, 4) is 5.75 Å². The zero-order chi connectivity index (χ0) is 31.6. The first-order chi connectivity index (χ1) is 22.5. The van der Waals surface area contributed by atoms with E-state index in [0.717, 1.165) is 83.3 Å². The number of esters is 1. The van der Waals surface area contributed by atoms with Gasteiger partial charge < -0.3 is 23.5 Å². The van der Waals surface area contributed by atoms with Crippen LogP contribution in [0.1, 0.15) is 72.1 Å². The molecule has 0 saturated carbocycles. The van der Waals surface area contributed by atoms with Crippen molar-refractivity contribution in [2.75, 3.05) is 27.4 Å². The van der Waals surface area contributed by atoms with Gasteiger partial charge in [0.05, 0.1) is 66.1 Å². The Morgan fingerprint density at radius 2 is 1.98 bits per heavy atom. The first-order valence-electron chi connectivity index (χ1n) is 16.0. The molecule has 3 unspecified atom stereocenters. The molecule has 0 amide bonds. The van der Waals surface area contributed by atoms with Crippen LogP contribution in [0.5, 0.6) is 5.75 Å². The Bertz CT molecular complexity index is 1850. The van der Waals surface area contributed by atoms with E-state index in [1.165, 1.54) is 7.11 Å². The summed E-state index contributed by atoms with van der Waals surface area (Å²) in [6.07, 6.45) is 9.73. The first-order valence-corrected chi connectivity index (χ1v) is 16.0. The summed E-state index contributed by atoms with van der Waals surface area (Å²) >= 11 is 0. The van der Waals surface area contributed by atoms with E-state index in [2.05, 4.69) is 32.8 Å². The molecule has 0 radical (unpaired) electrons. The minimum absolute atomic E-state index is 0.0544. The summed E-state index contributed by atoms with van der Waals surface area (Å²) in [5, 5.41) is 5.56. The second-order valence-corrected chi connectivity index (χ2v) is 12.1. The number of pyridine rings is 1. The van der Waals surface area contributed by atoms with E-state index in [1.54, 1.807) is 7.11 Å². The Morgan fingerprint density at radius 3 is 2.78 bits per heavy atom. The SMILES string of the molecule is COC(=O)c1cc(CN2CCCCC2c2ncccc2OCc2ccc3cnn(C(C)OC)c3c2)c2ncn(CC3CCO3)c2c1. The van der Waals surface area contributed by atoms with Gasteiger partial charge in [0.1, 0.15) is 18.6 Å². The highest BCUT2D eigenvalue weighted by atomic mass is 16.5. The number of aromatic nitrogens is 5. The third kappa shape index (κ3) is 5.97. The molecule has 5 aromatic rings. The largest absolute Gasteiger partial charge is 0.487 e. The van der Waals surface area contributed by atoms with Crippen LogP contribution >= 0.6 is 0 Å². The van der Waals surface area contributed by atoms with Gasteiger partial charge in [0.2, 0.25) is 0 Å². The van der Waals surface area contributed by atoms with Crippen LogP contribution < -0.4 is 4.74 Å². The van der Waals surface area contributed by atoms with Crippen LogP contribution in [0.2, 0.25) is 0 Å². The molecule has 2 aromatic carbocycles. The van der Waals surface area contributed by atoms with Crippen molar-refractivity contribution >= 4 is 27.9 Å².